The lowest BCUT2D eigenvalue weighted by Gasteiger charge is -2.18. The van der Waals surface area contributed by atoms with Gasteiger partial charge in [-0.25, -0.2) is 4.98 Å². The minimum Gasteiger partial charge on any atom is -0.493 e. The number of ether oxygens (including phenoxy) is 4. The zero-order valence-electron chi connectivity index (χ0n) is 20.7. The van der Waals surface area contributed by atoms with Gasteiger partial charge in [0, 0.05) is 18.2 Å². The number of hydrogen-bond donors (Lipinski definition) is 1. The van der Waals surface area contributed by atoms with E-state index in [1.165, 1.54) is 5.56 Å². The van der Waals surface area contributed by atoms with E-state index in [9.17, 15) is 5.11 Å². The van der Waals surface area contributed by atoms with Gasteiger partial charge in [0.2, 0.25) is 12.5 Å². The van der Waals surface area contributed by atoms with Crippen LogP contribution in [0.3, 0.4) is 0 Å². The molecule has 2 aliphatic rings. The van der Waals surface area contributed by atoms with E-state index in [-0.39, 0.29) is 13.4 Å². The third-order valence-electron chi connectivity index (χ3n) is 6.89. The van der Waals surface area contributed by atoms with Crippen LogP contribution in [0.2, 0.25) is 0 Å². The smallest absolute Gasteiger partial charge is 0.231 e. The zero-order valence-corrected chi connectivity index (χ0v) is 22.3. The number of thioether (sulfide) groups is 1. The highest BCUT2D eigenvalue weighted by atomic mass is 32.2. The second-order valence-electron chi connectivity index (χ2n) is 9.29. The van der Waals surface area contributed by atoms with Gasteiger partial charge in [-0.1, -0.05) is 23.9 Å². The molecule has 3 aromatic carbocycles. The van der Waals surface area contributed by atoms with Crippen molar-refractivity contribution in [2.24, 2.45) is 0 Å². The van der Waals surface area contributed by atoms with E-state index in [0.717, 1.165) is 61.1 Å². The van der Waals surface area contributed by atoms with E-state index in [0.29, 0.717) is 17.3 Å². The summed E-state index contributed by atoms with van der Waals surface area (Å²) in [6.07, 6.45) is 2.36. The number of nitrogens with zero attached hydrogens (tertiary/aromatic N) is 2. The Balaban J connectivity index is 1.14. The van der Waals surface area contributed by atoms with Gasteiger partial charge in [0.15, 0.2) is 40.1 Å². The Kier molecular flexibility index (Phi) is 5.99. The van der Waals surface area contributed by atoms with Gasteiger partial charge in [-0.15, -0.1) is 11.3 Å². The highest BCUT2D eigenvalue weighted by Crippen LogP contribution is 2.42. The summed E-state index contributed by atoms with van der Waals surface area (Å²) >= 11 is 3.19. The van der Waals surface area contributed by atoms with E-state index >= 15 is 0 Å². The average molecular weight is 546 g/mol. The molecular weight excluding hydrogens is 520 g/mol. The molecule has 5 aromatic rings. The molecule has 2 aromatic heterocycles. The maximum atomic E-state index is 10.7. The highest BCUT2D eigenvalue weighted by molar-refractivity contribution is 8.01. The summed E-state index contributed by atoms with van der Waals surface area (Å²) in [6, 6.07) is 18.4. The Morgan fingerprint density at radius 3 is 2.87 bits per heavy atom. The standard InChI is InChI=1S/C29H25N2O5S2/c1-33-24-7-6-17-10-23-20-12-26-25(35-16-36-26)11-18(20)8-9-31(23)13-21(17)28(24)34-14-19(32)15-37-29-30-22-4-2-3-5-27(22)38-29/h2-7,10-13,19,32H,8-9,14-16H2,1H3/q+1. The quantitative estimate of drug-likeness (QED) is 0.222. The van der Waals surface area contributed by atoms with Gasteiger partial charge >= 0.3 is 0 Å². The lowest BCUT2D eigenvalue weighted by atomic mass is 9.95. The van der Waals surface area contributed by atoms with Gasteiger partial charge in [0.05, 0.1) is 34.4 Å². The van der Waals surface area contributed by atoms with Gasteiger partial charge < -0.3 is 24.1 Å². The van der Waals surface area contributed by atoms with E-state index in [1.807, 2.05) is 30.3 Å². The summed E-state index contributed by atoms with van der Waals surface area (Å²) in [4.78, 5) is 4.64. The molecule has 0 saturated carbocycles. The number of pyridine rings is 1. The van der Waals surface area contributed by atoms with Gasteiger partial charge in [-0.05, 0) is 47.3 Å². The Labute approximate surface area is 227 Å². The van der Waals surface area contributed by atoms with E-state index in [1.54, 1.807) is 30.2 Å². The van der Waals surface area contributed by atoms with Crippen molar-refractivity contribution in [3.63, 3.8) is 0 Å². The molecule has 2 aliphatic heterocycles. The predicted octanol–water partition coefficient (Wildman–Crippen LogP) is 5.23. The zero-order chi connectivity index (χ0) is 25.6. The summed E-state index contributed by atoms with van der Waals surface area (Å²) < 4.78 is 27.4. The van der Waals surface area contributed by atoms with Crippen LogP contribution in [0.5, 0.6) is 23.0 Å². The number of hydrogen-bond acceptors (Lipinski definition) is 8. The van der Waals surface area contributed by atoms with Crippen LogP contribution in [0, 0.1) is 0 Å². The molecule has 0 aliphatic carbocycles. The molecule has 0 fully saturated rings. The van der Waals surface area contributed by atoms with Gasteiger partial charge in [-0.3, -0.25) is 0 Å². The Morgan fingerprint density at radius 1 is 1.13 bits per heavy atom. The molecule has 1 N–H and O–H groups in total. The molecule has 1 unspecified atom stereocenters. The molecule has 0 bridgehead atoms. The third kappa shape index (κ3) is 4.20. The van der Waals surface area contributed by atoms with E-state index in [4.69, 9.17) is 18.9 Å². The first kappa shape index (κ1) is 23.6. The van der Waals surface area contributed by atoms with Crippen LogP contribution in [0.4, 0.5) is 0 Å². The number of aliphatic hydroxyl groups excluding tert-OH is 1. The van der Waals surface area contributed by atoms with Gasteiger partial charge in [-0.2, -0.15) is 4.57 Å². The maximum absolute atomic E-state index is 10.7. The van der Waals surface area contributed by atoms with Crippen LogP contribution in [0.25, 0.3) is 32.2 Å². The van der Waals surface area contributed by atoms with Crippen molar-refractivity contribution in [1.82, 2.24) is 4.98 Å². The van der Waals surface area contributed by atoms with Crippen molar-refractivity contribution in [2.45, 2.75) is 23.4 Å². The van der Waals surface area contributed by atoms with Crippen LogP contribution < -0.4 is 23.5 Å². The molecule has 38 heavy (non-hydrogen) atoms. The Hall–Kier alpha value is -3.53. The first-order valence-electron chi connectivity index (χ1n) is 12.4. The number of aliphatic hydroxyl groups is 1. The number of thiazole rings is 1. The van der Waals surface area contributed by atoms with Crippen molar-refractivity contribution in [3.8, 4) is 34.3 Å². The second-order valence-corrected chi connectivity index (χ2v) is 11.6. The molecule has 4 heterocycles. The molecule has 0 radical (unpaired) electrons. The highest BCUT2D eigenvalue weighted by Gasteiger charge is 2.28. The number of aromatic nitrogens is 2. The molecule has 7 rings (SSSR count). The average Bonchev–Trinajstić information content (AvgIpc) is 3.58. The summed E-state index contributed by atoms with van der Waals surface area (Å²) in [6.45, 7) is 1.26. The summed E-state index contributed by atoms with van der Waals surface area (Å²) in [7, 11) is 1.64. The van der Waals surface area contributed by atoms with Gasteiger partial charge in [0.25, 0.3) is 0 Å². The minimum absolute atomic E-state index is 0.154. The monoisotopic (exact) mass is 545 g/mol. The number of benzene rings is 3. The van der Waals surface area contributed by atoms with Crippen molar-refractivity contribution >= 4 is 44.1 Å². The van der Waals surface area contributed by atoms with Gasteiger partial charge in [0.1, 0.15) is 6.61 Å². The lowest BCUT2D eigenvalue weighted by Crippen LogP contribution is -2.40. The predicted molar refractivity (Wildman–Crippen MR) is 148 cm³/mol. The first-order valence-corrected chi connectivity index (χ1v) is 14.2. The van der Waals surface area contributed by atoms with Crippen LogP contribution in [0.15, 0.2) is 65.1 Å². The topological polar surface area (TPSA) is 73.9 Å². The minimum atomic E-state index is -0.659. The number of rotatable bonds is 7. The SMILES string of the molecule is COc1ccc2cc3[n+](cc2c1OCC(O)CSc1nc2ccccc2s1)CCc1cc2c(cc1-3)OCO2. The van der Waals surface area contributed by atoms with Crippen LogP contribution in [-0.4, -0.2) is 42.5 Å². The molecule has 9 heteroatoms. The largest absolute Gasteiger partial charge is 0.493 e. The summed E-state index contributed by atoms with van der Waals surface area (Å²) in [5.74, 6) is 3.38. The van der Waals surface area contributed by atoms with Crippen molar-refractivity contribution in [3.05, 3.63) is 66.4 Å². The van der Waals surface area contributed by atoms with E-state index < -0.39 is 6.10 Å². The number of fused-ring (bicyclic) bond motifs is 6. The fraction of sp³-hybridized carbons (Fsp3) is 0.241. The molecule has 0 amide bonds. The Bertz CT molecular complexity index is 1650. The summed E-state index contributed by atoms with van der Waals surface area (Å²) in [5.41, 5.74) is 4.52. The van der Waals surface area contributed by atoms with E-state index in [2.05, 4.69) is 40.0 Å². The van der Waals surface area contributed by atoms with Crippen LogP contribution in [-0.2, 0) is 13.0 Å². The molecule has 0 saturated heterocycles. The number of methoxy groups -OCH3 is 1. The normalized spacial score (nSPS) is 14.4. The molecular formula is C29H25N2O5S2+. The second kappa shape index (κ2) is 9.65. The number of para-hydroxylation sites is 1. The first-order chi connectivity index (χ1) is 18.7. The molecule has 1 atom stereocenters. The van der Waals surface area contributed by atoms with Crippen molar-refractivity contribution < 1.29 is 28.6 Å². The molecule has 7 nitrogen and oxygen atoms in total. The lowest BCUT2D eigenvalue weighted by molar-refractivity contribution is -0.686. The third-order valence-corrected chi connectivity index (χ3v) is 9.21. The van der Waals surface area contributed by atoms with Crippen LogP contribution in [0.1, 0.15) is 5.56 Å². The maximum Gasteiger partial charge on any atom is 0.231 e. The molecule has 0 spiro atoms. The number of aryl methyl sites for hydroxylation is 2. The summed E-state index contributed by atoms with van der Waals surface area (Å²) in [5, 5.41) is 12.7. The van der Waals surface area contributed by atoms with Crippen LogP contribution >= 0.6 is 23.1 Å². The fourth-order valence-electron chi connectivity index (χ4n) is 5.01. The Morgan fingerprint density at radius 2 is 2.00 bits per heavy atom. The fourth-order valence-corrected chi connectivity index (χ4v) is 7.01. The molecule has 192 valence electrons. The van der Waals surface area contributed by atoms with Crippen molar-refractivity contribution in [2.75, 3.05) is 26.3 Å². The van der Waals surface area contributed by atoms with Crippen molar-refractivity contribution in [1.29, 1.82) is 0 Å².